The van der Waals surface area contributed by atoms with Gasteiger partial charge in [0.2, 0.25) is 0 Å². The van der Waals surface area contributed by atoms with Crippen molar-refractivity contribution in [1.29, 1.82) is 0 Å². The van der Waals surface area contributed by atoms with E-state index in [2.05, 4.69) is 9.97 Å². The topological polar surface area (TPSA) is 96.4 Å². The molecule has 0 aromatic carbocycles. The standard InChI is InChI=1S/C18H20F3N5O3/c1-10(27)16-24-13-8-22-12-4-7-29-15(12)14(13)26(16)11-2-5-25(6-3-11)17(28)23-9-18(19,20)21/h4,7-8,10-11,27H,2-3,5-6,9H2,1H3,(H,23,28)/t10-/m1/s1. The number of halogens is 3. The summed E-state index contributed by atoms with van der Waals surface area (Å²) in [4.78, 5) is 22.2. The van der Waals surface area contributed by atoms with Gasteiger partial charge < -0.3 is 24.3 Å². The number of aromatic nitrogens is 3. The highest BCUT2D eigenvalue weighted by molar-refractivity contribution is 5.98. The Balaban J connectivity index is 1.59. The number of aliphatic hydroxyl groups is 1. The van der Waals surface area contributed by atoms with Gasteiger partial charge in [-0.3, -0.25) is 4.98 Å². The van der Waals surface area contributed by atoms with Crippen LogP contribution in [0.25, 0.3) is 22.1 Å². The van der Waals surface area contributed by atoms with Gasteiger partial charge in [0.15, 0.2) is 5.58 Å². The van der Waals surface area contributed by atoms with Crippen molar-refractivity contribution in [2.24, 2.45) is 0 Å². The number of pyridine rings is 1. The van der Waals surface area contributed by atoms with E-state index < -0.39 is 24.9 Å². The number of carbonyl (C=O) groups excluding carboxylic acids is 1. The van der Waals surface area contributed by atoms with Crippen LogP contribution in [0.5, 0.6) is 0 Å². The molecule has 1 fully saturated rings. The molecule has 4 heterocycles. The van der Waals surface area contributed by atoms with E-state index in [9.17, 15) is 23.1 Å². The van der Waals surface area contributed by atoms with Gasteiger partial charge in [0.05, 0.1) is 12.5 Å². The first-order valence-corrected chi connectivity index (χ1v) is 9.26. The molecule has 0 aliphatic carbocycles. The number of piperidine rings is 1. The van der Waals surface area contributed by atoms with Crippen LogP contribution < -0.4 is 5.32 Å². The van der Waals surface area contributed by atoms with Crippen LogP contribution in [-0.4, -0.2) is 56.4 Å². The molecule has 29 heavy (non-hydrogen) atoms. The number of nitrogens with zero attached hydrogens (tertiary/aromatic N) is 4. The average molecular weight is 411 g/mol. The summed E-state index contributed by atoms with van der Waals surface area (Å²) < 4.78 is 44.5. The van der Waals surface area contributed by atoms with Crippen molar-refractivity contribution in [2.45, 2.75) is 38.1 Å². The van der Waals surface area contributed by atoms with Gasteiger partial charge in [0, 0.05) is 25.2 Å². The van der Waals surface area contributed by atoms with E-state index in [4.69, 9.17) is 4.42 Å². The normalized spacial score (nSPS) is 17.2. The summed E-state index contributed by atoms with van der Waals surface area (Å²) in [6, 6.07) is 0.915. The molecule has 4 rings (SSSR count). The third-order valence-corrected chi connectivity index (χ3v) is 5.08. The van der Waals surface area contributed by atoms with Gasteiger partial charge in [-0.25, -0.2) is 9.78 Å². The van der Waals surface area contributed by atoms with E-state index in [0.29, 0.717) is 48.4 Å². The minimum Gasteiger partial charge on any atom is -0.460 e. The Bertz CT molecular complexity index is 1030. The molecular weight excluding hydrogens is 391 g/mol. The number of imidazole rings is 1. The fourth-order valence-electron chi connectivity index (χ4n) is 3.78. The first kappa shape index (κ1) is 19.5. The molecule has 0 saturated carbocycles. The summed E-state index contributed by atoms with van der Waals surface area (Å²) in [5, 5.41) is 12.1. The lowest BCUT2D eigenvalue weighted by Crippen LogP contribution is -2.47. The molecule has 1 saturated heterocycles. The minimum absolute atomic E-state index is 0.0908. The number of amides is 2. The molecule has 3 aromatic heterocycles. The largest absolute Gasteiger partial charge is 0.460 e. The maximum atomic E-state index is 12.3. The fourth-order valence-corrected chi connectivity index (χ4v) is 3.78. The lowest BCUT2D eigenvalue weighted by molar-refractivity contribution is -0.123. The van der Waals surface area contributed by atoms with Crippen LogP contribution in [0.2, 0.25) is 0 Å². The summed E-state index contributed by atoms with van der Waals surface area (Å²) in [7, 11) is 0. The van der Waals surface area contributed by atoms with E-state index in [-0.39, 0.29) is 6.04 Å². The van der Waals surface area contributed by atoms with Crippen molar-refractivity contribution < 1.29 is 27.5 Å². The van der Waals surface area contributed by atoms with Gasteiger partial charge in [-0.2, -0.15) is 13.2 Å². The lowest BCUT2D eigenvalue weighted by atomic mass is 10.0. The fraction of sp³-hybridized carbons (Fsp3) is 0.500. The van der Waals surface area contributed by atoms with Crippen molar-refractivity contribution in [3.05, 3.63) is 24.4 Å². The second kappa shape index (κ2) is 7.21. The number of hydrogen-bond donors (Lipinski definition) is 2. The number of carbonyl (C=O) groups is 1. The molecule has 0 bridgehead atoms. The van der Waals surface area contributed by atoms with Crippen LogP contribution in [0.15, 0.2) is 22.9 Å². The van der Waals surface area contributed by atoms with Crippen molar-refractivity contribution >= 4 is 28.2 Å². The molecule has 0 spiro atoms. The first-order chi connectivity index (χ1) is 13.7. The summed E-state index contributed by atoms with van der Waals surface area (Å²) in [6.45, 7) is 0.844. The van der Waals surface area contributed by atoms with E-state index in [1.807, 2.05) is 9.88 Å². The number of urea groups is 1. The highest BCUT2D eigenvalue weighted by Crippen LogP contribution is 2.34. The van der Waals surface area contributed by atoms with Crippen LogP contribution in [0.4, 0.5) is 18.0 Å². The molecule has 8 nitrogen and oxygen atoms in total. The Hall–Kier alpha value is -2.82. The zero-order valence-electron chi connectivity index (χ0n) is 15.6. The van der Waals surface area contributed by atoms with Crippen molar-refractivity contribution in [3.63, 3.8) is 0 Å². The number of hydrogen-bond acceptors (Lipinski definition) is 5. The number of aliphatic hydroxyl groups excluding tert-OH is 1. The number of furan rings is 1. The quantitative estimate of drug-likeness (QED) is 0.690. The summed E-state index contributed by atoms with van der Waals surface area (Å²) in [6.07, 6.45) is -1.11. The van der Waals surface area contributed by atoms with Gasteiger partial charge >= 0.3 is 12.2 Å². The third-order valence-electron chi connectivity index (χ3n) is 5.08. The Morgan fingerprint density at radius 2 is 2.10 bits per heavy atom. The molecule has 1 aliphatic heterocycles. The van der Waals surface area contributed by atoms with E-state index >= 15 is 0 Å². The van der Waals surface area contributed by atoms with Gasteiger partial charge in [-0.15, -0.1) is 0 Å². The molecule has 1 aliphatic rings. The second-order valence-electron chi connectivity index (χ2n) is 7.14. The van der Waals surface area contributed by atoms with Gasteiger partial charge in [0.25, 0.3) is 0 Å². The third kappa shape index (κ3) is 3.74. The molecule has 0 unspecified atom stereocenters. The molecule has 11 heteroatoms. The highest BCUT2D eigenvalue weighted by atomic mass is 19.4. The number of alkyl halides is 3. The average Bonchev–Trinajstić information content (AvgIpc) is 3.29. The molecule has 2 N–H and O–H groups in total. The summed E-state index contributed by atoms with van der Waals surface area (Å²) in [5.74, 6) is 0.464. The van der Waals surface area contributed by atoms with Crippen LogP contribution in [0.1, 0.15) is 37.7 Å². The molecule has 1 atom stereocenters. The second-order valence-corrected chi connectivity index (χ2v) is 7.14. The van der Waals surface area contributed by atoms with Gasteiger partial charge in [-0.05, 0) is 19.8 Å². The van der Waals surface area contributed by atoms with Crippen LogP contribution in [-0.2, 0) is 0 Å². The molecular formula is C18H20F3N5O3. The van der Waals surface area contributed by atoms with Gasteiger partial charge in [0.1, 0.15) is 35.0 Å². The first-order valence-electron chi connectivity index (χ1n) is 9.26. The predicted molar refractivity (Wildman–Crippen MR) is 97.2 cm³/mol. The van der Waals surface area contributed by atoms with Crippen molar-refractivity contribution in [1.82, 2.24) is 24.8 Å². The van der Waals surface area contributed by atoms with Crippen molar-refractivity contribution in [2.75, 3.05) is 19.6 Å². The van der Waals surface area contributed by atoms with Crippen molar-refractivity contribution in [3.8, 4) is 0 Å². The van der Waals surface area contributed by atoms with Gasteiger partial charge in [-0.1, -0.05) is 0 Å². The van der Waals surface area contributed by atoms with Crippen LogP contribution >= 0.6 is 0 Å². The lowest BCUT2D eigenvalue weighted by Gasteiger charge is -2.34. The molecule has 2 amide bonds. The zero-order chi connectivity index (χ0) is 20.8. The molecule has 3 aromatic rings. The highest BCUT2D eigenvalue weighted by Gasteiger charge is 2.32. The molecule has 0 radical (unpaired) electrons. The zero-order valence-corrected chi connectivity index (χ0v) is 15.6. The Labute approximate surface area is 163 Å². The number of nitrogens with one attached hydrogen (secondary N) is 1. The van der Waals surface area contributed by atoms with E-state index in [0.717, 1.165) is 5.52 Å². The maximum Gasteiger partial charge on any atom is 0.405 e. The number of fused-ring (bicyclic) bond motifs is 3. The van der Waals surface area contributed by atoms with E-state index in [1.165, 1.54) is 11.2 Å². The summed E-state index contributed by atoms with van der Waals surface area (Å²) in [5.41, 5.74) is 2.54. The number of likely N-dealkylation sites (tertiary alicyclic amines) is 1. The smallest absolute Gasteiger partial charge is 0.405 e. The predicted octanol–water partition coefficient (Wildman–Crippen LogP) is 3.14. The van der Waals surface area contributed by atoms with E-state index in [1.54, 1.807) is 19.2 Å². The Morgan fingerprint density at radius 3 is 2.76 bits per heavy atom. The minimum atomic E-state index is -4.45. The molecule has 156 valence electrons. The number of rotatable bonds is 3. The SMILES string of the molecule is C[C@@H](O)c1nc2cnc3ccoc3c2n1C1CCN(C(=O)NCC(F)(F)F)CC1. The Kier molecular flexibility index (Phi) is 4.85. The Morgan fingerprint density at radius 1 is 1.38 bits per heavy atom. The monoisotopic (exact) mass is 411 g/mol. The van der Waals surface area contributed by atoms with Crippen LogP contribution in [0, 0.1) is 0 Å². The summed E-state index contributed by atoms with van der Waals surface area (Å²) >= 11 is 0. The maximum absolute atomic E-state index is 12.3. The van der Waals surface area contributed by atoms with Crippen LogP contribution in [0.3, 0.4) is 0 Å².